The van der Waals surface area contributed by atoms with Gasteiger partial charge in [-0.2, -0.15) is 23.5 Å². The second-order valence-electron chi connectivity index (χ2n) is 2.42. The molecule has 0 radical (unpaired) electrons. The monoisotopic (exact) mass is 210 g/mol. The molecule has 0 saturated carbocycles. The van der Waals surface area contributed by atoms with Crippen LogP contribution in [0.15, 0.2) is 0 Å². The van der Waals surface area contributed by atoms with Crippen LogP contribution in [0, 0.1) is 0 Å². The quantitative estimate of drug-likeness (QED) is 0.591. The van der Waals surface area contributed by atoms with Crippen LogP contribution in [0.25, 0.3) is 0 Å². The summed E-state index contributed by atoms with van der Waals surface area (Å²) < 4.78 is 0. The van der Waals surface area contributed by atoms with Crippen molar-refractivity contribution in [3.63, 3.8) is 0 Å². The van der Waals surface area contributed by atoms with Crippen molar-refractivity contribution in [3.05, 3.63) is 0 Å². The standard InChI is InChI=1S/C8H18O2S2/c1-2-8(12-6-4-10)7-11-5-3-9/h8-10H,2-7H2,1H3. The third-order valence-corrected chi connectivity index (χ3v) is 4.15. The average molecular weight is 210 g/mol. The Morgan fingerprint density at radius 3 is 2.33 bits per heavy atom. The van der Waals surface area contributed by atoms with Crippen molar-refractivity contribution in [1.82, 2.24) is 0 Å². The molecule has 1 unspecified atom stereocenters. The minimum atomic E-state index is 0.270. The van der Waals surface area contributed by atoms with Gasteiger partial charge in [-0.25, -0.2) is 0 Å². The molecule has 1 atom stereocenters. The Morgan fingerprint density at radius 2 is 1.83 bits per heavy atom. The fourth-order valence-electron chi connectivity index (χ4n) is 0.783. The number of rotatable bonds is 8. The first-order valence-corrected chi connectivity index (χ1v) is 6.46. The molecule has 0 aliphatic carbocycles. The molecule has 2 N–H and O–H groups in total. The highest BCUT2D eigenvalue weighted by Crippen LogP contribution is 2.18. The van der Waals surface area contributed by atoms with Crippen LogP contribution in [-0.4, -0.2) is 45.9 Å². The van der Waals surface area contributed by atoms with Gasteiger partial charge in [-0.15, -0.1) is 0 Å². The molecule has 0 aromatic rings. The first kappa shape index (κ1) is 12.6. The Hall–Kier alpha value is 0.620. The Kier molecular flexibility index (Phi) is 10.2. The van der Waals surface area contributed by atoms with Gasteiger partial charge in [0.25, 0.3) is 0 Å². The normalized spacial score (nSPS) is 13.2. The molecule has 0 rings (SSSR count). The molecule has 0 spiro atoms. The smallest absolute Gasteiger partial charge is 0.0521 e. The van der Waals surface area contributed by atoms with Gasteiger partial charge in [0.1, 0.15) is 0 Å². The average Bonchev–Trinajstić information content (AvgIpc) is 2.11. The summed E-state index contributed by atoms with van der Waals surface area (Å²) in [4.78, 5) is 0. The maximum atomic E-state index is 8.61. The maximum absolute atomic E-state index is 8.61. The van der Waals surface area contributed by atoms with E-state index in [9.17, 15) is 0 Å². The van der Waals surface area contributed by atoms with Crippen LogP contribution >= 0.6 is 23.5 Å². The van der Waals surface area contributed by atoms with E-state index in [-0.39, 0.29) is 13.2 Å². The highest BCUT2D eigenvalue weighted by Gasteiger charge is 2.05. The molecule has 0 fully saturated rings. The second-order valence-corrected chi connectivity index (χ2v) is 4.98. The van der Waals surface area contributed by atoms with E-state index in [1.54, 1.807) is 11.8 Å². The lowest BCUT2D eigenvalue weighted by molar-refractivity contribution is 0.322. The molecule has 74 valence electrons. The van der Waals surface area contributed by atoms with Gasteiger partial charge in [0, 0.05) is 22.5 Å². The Morgan fingerprint density at radius 1 is 1.17 bits per heavy atom. The number of thioether (sulfide) groups is 2. The molecule has 0 heterocycles. The van der Waals surface area contributed by atoms with Gasteiger partial charge in [0.15, 0.2) is 0 Å². The summed E-state index contributed by atoms with van der Waals surface area (Å²) in [5.41, 5.74) is 0. The van der Waals surface area contributed by atoms with Crippen LogP contribution in [0.1, 0.15) is 13.3 Å². The van der Waals surface area contributed by atoms with Crippen molar-refractivity contribution >= 4 is 23.5 Å². The molecule has 0 amide bonds. The van der Waals surface area contributed by atoms with Gasteiger partial charge >= 0.3 is 0 Å². The molecule has 0 aliphatic rings. The van der Waals surface area contributed by atoms with E-state index < -0.39 is 0 Å². The molecule has 0 saturated heterocycles. The minimum absolute atomic E-state index is 0.270. The van der Waals surface area contributed by atoms with Crippen molar-refractivity contribution in [2.75, 3.05) is 30.5 Å². The van der Waals surface area contributed by atoms with E-state index in [0.29, 0.717) is 5.25 Å². The lowest BCUT2D eigenvalue weighted by atomic mass is 10.4. The zero-order valence-electron chi connectivity index (χ0n) is 7.53. The summed E-state index contributed by atoms with van der Waals surface area (Å²) in [6, 6.07) is 0. The third-order valence-electron chi connectivity index (χ3n) is 1.44. The van der Waals surface area contributed by atoms with Crippen LogP contribution in [0.3, 0.4) is 0 Å². The van der Waals surface area contributed by atoms with Crippen molar-refractivity contribution < 1.29 is 10.2 Å². The lowest BCUT2D eigenvalue weighted by Gasteiger charge is -2.12. The number of aliphatic hydroxyl groups is 2. The highest BCUT2D eigenvalue weighted by molar-refractivity contribution is 8.03. The number of hydrogen-bond donors (Lipinski definition) is 2. The summed E-state index contributed by atoms with van der Waals surface area (Å²) in [7, 11) is 0. The number of aliphatic hydroxyl groups excluding tert-OH is 2. The summed E-state index contributed by atoms with van der Waals surface area (Å²) in [5, 5.41) is 17.8. The van der Waals surface area contributed by atoms with Gasteiger partial charge in [-0.05, 0) is 6.42 Å². The summed E-state index contributed by atoms with van der Waals surface area (Å²) in [5.74, 6) is 2.75. The number of hydrogen-bond acceptors (Lipinski definition) is 4. The van der Waals surface area contributed by atoms with Crippen LogP contribution in [0.4, 0.5) is 0 Å². The Bertz CT molecular complexity index is 91.1. The van der Waals surface area contributed by atoms with E-state index in [0.717, 1.165) is 23.7 Å². The van der Waals surface area contributed by atoms with Crippen LogP contribution < -0.4 is 0 Å². The zero-order chi connectivity index (χ0) is 9.23. The van der Waals surface area contributed by atoms with Crippen molar-refractivity contribution in [2.24, 2.45) is 0 Å². The van der Waals surface area contributed by atoms with Crippen molar-refractivity contribution in [1.29, 1.82) is 0 Å². The summed E-state index contributed by atoms with van der Waals surface area (Å²) in [6.45, 7) is 2.70. The summed E-state index contributed by atoms with van der Waals surface area (Å²) in [6.07, 6.45) is 1.14. The fourth-order valence-corrected chi connectivity index (χ4v) is 2.92. The van der Waals surface area contributed by atoms with Crippen molar-refractivity contribution in [3.8, 4) is 0 Å². The molecule has 0 aliphatic heterocycles. The van der Waals surface area contributed by atoms with Gasteiger partial charge in [0.2, 0.25) is 0 Å². The minimum Gasteiger partial charge on any atom is -0.396 e. The van der Waals surface area contributed by atoms with E-state index in [1.165, 1.54) is 0 Å². The fraction of sp³-hybridized carbons (Fsp3) is 1.00. The van der Waals surface area contributed by atoms with Gasteiger partial charge in [-0.3, -0.25) is 0 Å². The molecule has 2 nitrogen and oxygen atoms in total. The van der Waals surface area contributed by atoms with Crippen LogP contribution in [0.2, 0.25) is 0 Å². The topological polar surface area (TPSA) is 40.5 Å². The van der Waals surface area contributed by atoms with Gasteiger partial charge < -0.3 is 10.2 Å². The molecular formula is C8H18O2S2. The first-order chi connectivity index (χ1) is 5.85. The largest absolute Gasteiger partial charge is 0.396 e. The van der Waals surface area contributed by atoms with Crippen LogP contribution in [-0.2, 0) is 0 Å². The zero-order valence-corrected chi connectivity index (χ0v) is 9.16. The van der Waals surface area contributed by atoms with Crippen molar-refractivity contribution in [2.45, 2.75) is 18.6 Å². The van der Waals surface area contributed by atoms with E-state index in [1.807, 2.05) is 11.8 Å². The molecule has 12 heavy (non-hydrogen) atoms. The van der Waals surface area contributed by atoms with E-state index in [4.69, 9.17) is 10.2 Å². The molecule has 0 aromatic heterocycles. The first-order valence-electron chi connectivity index (χ1n) is 4.26. The predicted molar refractivity (Wildman–Crippen MR) is 58.0 cm³/mol. The van der Waals surface area contributed by atoms with E-state index in [2.05, 4.69) is 6.92 Å². The summed E-state index contributed by atoms with van der Waals surface area (Å²) >= 11 is 3.60. The SMILES string of the molecule is CCC(CSCCO)SCCO. The molecule has 0 bridgehead atoms. The highest BCUT2D eigenvalue weighted by atomic mass is 32.2. The van der Waals surface area contributed by atoms with Gasteiger partial charge in [0.05, 0.1) is 13.2 Å². The third kappa shape index (κ3) is 7.28. The predicted octanol–water partition coefficient (Wildman–Crippen LogP) is 1.22. The van der Waals surface area contributed by atoms with Crippen LogP contribution in [0.5, 0.6) is 0 Å². The van der Waals surface area contributed by atoms with Gasteiger partial charge in [-0.1, -0.05) is 6.92 Å². The molecule has 0 aromatic carbocycles. The second kappa shape index (κ2) is 9.71. The molecular weight excluding hydrogens is 192 g/mol. The lowest BCUT2D eigenvalue weighted by Crippen LogP contribution is -2.07. The maximum Gasteiger partial charge on any atom is 0.0521 e. The van der Waals surface area contributed by atoms with E-state index >= 15 is 0 Å². The Labute approximate surface area is 83.1 Å². The molecule has 4 heteroatoms. The Balaban J connectivity index is 3.26.